The average molecular weight is 156 g/mol. The molecule has 1 aromatic heterocycles. The molecule has 60 valence electrons. The summed E-state index contributed by atoms with van der Waals surface area (Å²) in [5.74, 6) is -0.478. The summed E-state index contributed by atoms with van der Waals surface area (Å²) in [4.78, 5) is 3.69. The van der Waals surface area contributed by atoms with Crippen LogP contribution in [0, 0.1) is 5.82 Å². The number of aliphatic hydroxyl groups is 1. The lowest BCUT2D eigenvalue weighted by molar-refractivity contribution is 0.263. The van der Waals surface area contributed by atoms with Crippen molar-refractivity contribution in [3.05, 3.63) is 29.8 Å². The number of aliphatic hydroxyl groups excluding tert-OH is 1. The number of hydrogen-bond acceptors (Lipinski definition) is 3. The Kier molecular flexibility index (Phi) is 2.51. The van der Waals surface area contributed by atoms with Crippen LogP contribution in [0.25, 0.3) is 0 Å². The molecule has 0 fully saturated rings. The number of pyridine rings is 1. The first kappa shape index (κ1) is 8.10. The number of nitrogens with zero attached hydrogens (tertiary/aromatic N) is 1. The molecule has 1 rings (SSSR count). The Hall–Kier alpha value is -1.00. The maximum absolute atomic E-state index is 12.8. The monoisotopic (exact) mass is 156 g/mol. The molecule has 3 nitrogen and oxygen atoms in total. The summed E-state index contributed by atoms with van der Waals surface area (Å²) in [6, 6.07) is 2.01. The first-order chi connectivity index (χ1) is 5.25. The van der Waals surface area contributed by atoms with E-state index < -0.39 is 11.9 Å². The fourth-order valence-electron chi connectivity index (χ4n) is 0.757. The van der Waals surface area contributed by atoms with Gasteiger partial charge in [0, 0.05) is 6.20 Å². The van der Waals surface area contributed by atoms with Crippen LogP contribution in [0.15, 0.2) is 18.3 Å². The van der Waals surface area contributed by atoms with Gasteiger partial charge < -0.3 is 10.8 Å². The summed E-state index contributed by atoms with van der Waals surface area (Å²) in [6.45, 7) is -0.298. The Morgan fingerprint density at radius 1 is 1.73 bits per heavy atom. The molecule has 0 aromatic carbocycles. The van der Waals surface area contributed by atoms with E-state index in [1.807, 2.05) is 0 Å². The van der Waals surface area contributed by atoms with Crippen molar-refractivity contribution in [3.63, 3.8) is 0 Å². The summed E-state index contributed by atoms with van der Waals surface area (Å²) in [5, 5.41) is 8.58. The van der Waals surface area contributed by atoms with E-state index in [4.69, 9.17) is 10.8 Å². The number of rotatable bonds is 2. The first-order valence-electron chi connectivity index (χ1n) is 3.22. The van der Waals surface area contributed by atoms with Gasteiger partial charge in [0.25, 0.3) is 0 Å². The van der Waals surface area contributed by atoms with Gasteiger partial charge in [-0.3, -0.25) is 4.98 Å². The van der Waals surface area contributed by atoms with Gasteiger partial charge in [0.2, 0.25) is 0 Å². The van der Waals surface area contributed by atoms with Crippen LogP contribution in [0.3, 0.4) is 0 Å². The minimum Gasteiger partial charge on any atom is -0.394 e. The van der Waals surface area contributed by atoms with E-state index in [1.165, 1.54) is 18.3 Å². The van der Waals surface area contributed by atoms with Gasteiger partial charge in [-0.05, 0) is 12.1 Å². The van der Waals surface area contributed by atoms with Crippen molar-refractivity contribution in [1.82, 2.24) is 4.98 Å². The van der Waals surface area contributed by atoms with E-state index in [2.05, 4.69) is 4.98 Å². The smallest absolute Gasteiger partial charge is 0.146 e. The standard InChI is InChI=1S/C7H9FN2O/c8-5-2-1-3-10-7(5)6(9)4-11/h1-3,6,11H,4,9H2/t6-/m0/s1. The molecular formula is C7H9FN2O. The lowest BCUT2D eigenvalue weighted by atomic mass is 10.2. The Morgan fingerprint density at radius 3 is 3.00 bits per heavy atom. The van der Waals surface area contributed by atoms with Crippen molar-refractivity contribution >= 4 is 0 Å². The predicted molar refractivity (Wildman–Crippen MR) is 38.2 cm³/mol. The van der Waals surface area contributed by atoms with Crippen LogP contribution in [-0.2, 0) is 0 Å². The molecule has 3 N–H and O–H groups in total. The second-order valence-corrected chi connectivity index (χ2v) is 2.16. The molecule has 0 saturated heterocycles. The molecule has 1 atom stereocenters. The number of halogens is 1. The van der Waals surface area contributed by atoms with Crippen molar-refractivity contribution in [2.45, 2.75) is 6.04 Å². The van der Waals surface area contributed by atoms with E-state index >= 15 is 0 Å². The number of aromatic nitrogens is 1. The summed E-state index contributed by atoms with van der Waals surface area (Å²) in [6.07, 6.45) is 1.44. The first-order valence-corrected chi connectivity index (χ1v) is 3.22. The molecule has 0 unspecified atom stereocenters. The number of hydrogen-bond donors (Lipinski definition) is 2. The highest BCUT2D eigenvalue weighted by atomic mass is 19.1. The van der Waals surface area contributed by atoms with E-state index in [0.717, 1.165) is 0 Å². The van der Waals surface area contributed by atoms with Gasteiger partial charge in [-0.1, -0.05) is 0 Å². The van der Waals surface area contributed by atoms with Crippen LogP contribution < -0.4 is 5.73 Å². The Labute approximate surface area is 63.7 Å². The van der Waals surface area contributed by atoms with Gasteiger partial charge in [0.15, 0.2) is 0 Å². The van der Waals surface area contributed by atoms with Crippen molar-refractivity contribution in [2.24, 2.45) is 5.73 Å². The van der Waals surface area contributed by atoms with E-state index in [-0.39, 0.29) is 12.3 Å². The van der Waals surface area contributed by atoms with Crippen LogP contribution in [0.5, 0.6) is 0 Å². The molecule has 0 saturated carbocycles. The predicted octanol–water partition coefficient (Wildman–Crippen LogP) is 0.213. The van der Waals surface area contributed by atoms with Crippen LogP contribution >= 0.6 is 0 Å². The molecule has 0 aliphatic heterocycles. The molecule has 4 heteroatoms. The fourth-order valence-corrected chi connectivity index (χ4v) is 0.757. The zero-order valence-electron chi connectivity index (χ0n) is 5.87. The van der Waals surface area contributed by atoms with E-state index in [0.29, 0.717) is 0 Å². The molecule has 0 bridgehead atoms. The average Bonchev–Trinajstić information content (AvgIpc) is 2.04. The second-order valence-electron chi connectivity index (χ2n) is 2.16. The summed E-state index contributed by atoms with van der Waals surface area (Å²) in [5.41, 5.74) is 5.45. The summed E-state index contributed by atoms with van der Waals surface area (Å²) in [7, 11) is 0. The molecule has 0 aliphatic rings. The molecule has 0 amide bonds. The molecule has 11 heavy (non-hydrogen) atoms. The lowest BCUT2D eigenvalue weighted by Gasteiger charge is -2.06. The normalized spacial score (nSPS) is 13.0. The fraction of sp³-hybridized carbons (Fsp3) is 0.286. The molecule has 0 aliphatic carbocycles. The van der Waals surface area contributed by atoms with Crippen molar-refractivity contribution in [3.8, 4) is 0 Å². The Morgan fingerprint density at radius 2 is 2.45 bits per heavy atom. The van der Waals surface area contributed by atoms with Gasteiger partial charge >= 0.3 is 0 Å². The van der Waals surface area contributed by atoms with Crippen molar-refractivity contribution < 1.29 is 9.50 Å². The van der Waals surface area contributed by atoms with Gasteiger partial charge in [-0.15, -0.1) is 0 Å². The zero-order chi connectivity index (χ0) is 8.27. The van der Waals surface area contributed by atoms with Gasteiger partial charge in [0.1, 0.15) is 5.82 Å². The van der Waals surface area contributed by atoms with Gasteiger partial charge in [-0.2, -0.15) is 0 Å². The Balaban J connectivity index is 2.93. The van der Waals surface area contributed by atoms with Crippen molar-refractivity contribution in [2.75, 3.05) is 6.61 Å². The second kappa shape index (κ2) is 3.41. The largest absolute Gasteiger partial charge is 0.394 e. The molecule has 1 aromatic rings. The quantitative estimate of drug-likeness (QED) is 0.643. The van der Waals surface area contributed by atoms with Crippen LogP contribution in [0.2, 0.25) is 0 Å². The Bertz CT molecular complexity index is 242. The van der Waals surface area contributed by atoms with Crippen LogP contribution in [0.1, 0.15) is 11.7 Å². The minimum absolute atomic E-state index is 0.106. The molecule has 1 heterocycles. The topological polar surface area (TPSA) is 59.1 Å². The third-order valence-electron chi connectivity index (χ3n) is 1.33. The van der Waals surface area contributed by atoms with E-state index in [9.17, 15) is 4.39 Å². The highest BCUT2D eigenvalue weighted by Gasteiger charge is 2.09. The van der Waals surface area contributed by atoms with E-state index in [1.54, 1.807) is 0 Å². The highest BCUT2D eigenvalue weighted by Crippen LogP contribution is 2.09. The third-order valence-corrected chi connectivity index (χ3v) is 1.33. The third kappa shape index (κ3) is 1.72. The molecule has 0 spiro atoms. The van der Waals surface area contributed by atoms with Crippen LogP contribution in [-0.4, -0.2) is 16.7 Å². The van der Waals surface area contributed by atoms with Crippen molar-refractivity contribution in [1.29, 1.82) is 0 Å². The summed E-state index contributed by atoms with van der Waals surface area (Å²) < 4.78 is 12.8. The van der Waals surface area contributed by atoms with Gasteiger partial charge in [-0.25, -0.2) is 4.39 Å². The number of nitrogens with two attached hydrogens (primary N) is 1. The van der Waals surface area contributed by atoms with Crippen LogP contribution in [0.4, 0.5) is 4.39 Å². The maximum atomic E-state index is 12.8. The summed E-state index contributed by atoms with van der Waals surface area (Å²) >= 11 is 0. The zero-order valence-corrected chi connectivity index (χ0v) is 5.87. The maximum Gasteiger partial charge on any atom is 0.146 e. The molecule has 0 radical (unpaired) electrons. The lowest BCUT2D eigenvalue weighted by Crippen LogP contribution is -2.17. The SMILES string of the molecule is N[C@@H](CO)c1ncccc1F. The highest BCUT2D eigenvalue weighted by molar-refractivity contribution is 5.10. The minimum atomic E-state index is -0.726. The van der Waals surface area contributed by atoms with Gasteiger partial charge in [0.05, 0.1) is 18.3 Å². The molecular weight excluding hydrogens is 147 g/mol.